The van der Waals surface area contributed by atoms with Crippen LogP contribution in [0, 0.1) is 6.92 Å². The molecular formula is C21H22O3. The van der Waals surface area contributed by atoms with Gasteiger partial charge in [0.05, 0.1) is 7.11 Å². The number of allylic oxidation sites excluding steroid dienone is 10. The van der Waals surface area contributed by atoms with Crippen molar-refractivity contribution in [3.05, 3.63) is 96.2 Å². The number of rotatable bonds is 7. The summed E-state index contributed by atoms with van der Waals surface area (Å²) in [5, 5.41) is 9.46. The number of benzene rings is 1. The van der Waals surface area contributed by atoms with Crippen LogP contribution in [-0.2, 0) is 9.53 Å². The molecule has 0 fully saturated rings. The number of carbonyl (C=O) groups excluding carboxylic acids is 1. The summed E-state index contributed by atoms with van der Waals surface area (Å²) in [6.45, 7) is 1.87. The van der Waals surface area contributed by atoms with E-state index in [1.54, 1.807) is 18.2 Å². The van der Waals surface area contributed by atoms with Crippen LogP contribution in [-0.4, -0.2) is 18.2 Å². The van der Waals surface area contributed by atoms with Gasteiger partial charge in [-0.05, 0) is 30.2 Å². The Labute approximate surface area is 143 Å². The number of methoxy groups -OCH3 is 1. The lowest BCUT2D eigenvalue weighted by molar-refractivity contribution is -0.134. The third-order valence-electron chi connectivity index (χ3n) is 2.94. The van der Waals surface area contributed by atoms with E-state index in [-0.39, 0.29) is 5.97 Å². The standard InChI is InChI=1S/C21H22O3/c1-18-17-19(15-16-20(18)22)13-11-9-7-5-3-4-6-8-10-12-14-21(23)24-2/h3-17,22H,1-2H3. The number of hydrogen-bond donors (Lipinski definition) is 1. The van der Waals surface area contributed by atoms with Gasteiger partial charge in [0, 0.05) is 6.08 Å². The van der Waals surface area contributed by atoms with E-state index in [0.29, 0.717) is 5.75 Å². The Balaban J connectivity index is 2.34. The summed E-state index contributed by atoms with van der Waals surface area (Å²) in [7, 11) is 1.34. The quantitative estimate of drug-likeness (QED) is 0.451. The molecule has 124 valence electrons. The normalized spacial score (nSPS) is 12.8. The molecule has 0 radical (unpaired) electrons. The van der Waals surface area contributed by atoms with Crippen molar-refractivity contribution in [3.8, 4) is 5.75 Å². The number of carbonyl (C=O) groups is 1. The van der Waals surface area contributed by atoms with Crippen molar-refractivity contribution < 1.29 is 14.6 Å². The molecule has 0 aliphatic rings. The van der Waals surface area contributed by atoms with Gasteiger partial charge in [-0.15, -0.1) is 0 Å². The molecular weight excluding hydrogens is 300 g/mol. The minimum atomic E-state index is -0.371. The lowest BCUT2D eigenvalue weighted by atomic mass is 10.1. The van der Waals surface area contributed by atoms with Crippen molar-refractivity contribution in [1.82, 2.24) is 0 Å². The van der Waals surface area contributed by atoms with Crippen molar-refractivity contribution in [2.24, 2.45) is 0 Å². The van der Waals surface area contributed by atoms with Crippen molar-refractivity contribution in [2.45, 2.75) is 6.92 Å². The van der Waals surface area contributed by atoms with Gasteiger partial charge in [0.2, 0.25) is 0 Å². The van der Waals surface area contributed by atoms with E-state index >= 15 is 0 Å². The first kappa shape index (κ1) is 19.0. The molecule has 0 amide bonds. The topological polar surface area (TPSA) is 46.5 Å². The van der Waals surface area contributed by atoms with E-state index in [4.69, 9.17) is 0 Å². The average Bonchev–Trinajstić information content (AvgIpc) is 2.58. The highest BCUT2D eigenvalue weighted by molar-refractivity contribution is 5.82. The Morgan fingerprint density at radius 1 is 0.917 bits per heavy atom. The molecule has 0 aromatic heterocycles. The molecule has 0 saturated carbocycles. The van der Waals surface area contributed by atoms with Crippen LogP contribution in [0.2, 0.25) is 0 Å². The number of ether oxygens (including phenoxy) is 1. The van der Waals surface area contributed by atoms with Gasteiger partial charge in [0.25, 0.3) is 0 Å². The van der Waals surface area contributed by atoms with Gasteiger partial charge in [-0.1, -0.05) is 72.9 Å². The fraction of sp³-hybridized carbons (Fsp3) is 0.0952. The van der Waals surface area contributed by atoms with Gasteiger partial charge in [-0.3, -0.25) is 0 Å². The highest BCUT2D eigenvalue weighted by Crippen LogP contribution is 2.17. The monoisotopic (exact) mass is 322 g/mol. The van der Waals surface area contributed by atoms with Gasteiger partial charge in [-0.25, -0.2) is 4.79 Å². The zero-order valence-corrected chi connectivity index (χ0v) is 13.9. The number of hydrogen-bond acceptors (Lipinski definition) is 3. The number of aromatic hydroxyl groups is 1. The molecule has 1 aromatic rings. The number of aryl methyl sites for hydroxylation is 1. The molecule has 1 rings (SSSR count). The Kier molecular flexibility index (Phi) is 9.09. The molecule has 3 nitrogen and oxygen atoms in total. The summed E-state index contributed by atoms with van der Waals surface area (Å²) < 4.78 is 4.47. The number of phenols is 1. The van der Waals surface area contributed by atoms with Crippen LogP contribution in [0.15, 0.2) is 85.0 Å². The van der Waals surface area contributed by atoms with Crippen LogP contribution in [0.1, 0.15) is 11.1 Å². The third kappa shape index (κ3) is 8.39. The first-order valence-electron chi connectivity index (χ1n) is 7.52. The maximum atomic E-state index is 10.8. The molecule has 24 heavy (non-hydrogen) atoms. The molecule has 0 heterocycles. The van der Waals surface area contributed by atoms with Gasteiger partial charge in [-0.2, -0.15) is 0 Å². The Bertz CT molecular complexity index is 702. The van der Waals surface area contributed by atoms with Crippen LogP contribution in [0.25, 0.3) is 6.08 Å². The summed E-state index contributed by atoms with van der Waals surface area (Å²) in [5.74, 6) is -0.0589. The van der Waals surface area contributed by atoms with Crippen LogP contribution >= 0.6 is 0 Å². The molecule has 0 aliphatic heterocycles. The van der Waals surface area contributed by atoms with E-state index in [0.717, 1.165) is 11.1 Å². The van der Waals surface area contributed by atoms with Crippen LogP contribution < -0.4 is 0 Å². The lowest BCUT2D eigenvalue weighted by Gasteiger charge is -1.98. The first-order valence-corrected chi connectivity index (χ1v) is 7.52. The van der Waals surface area contributed by atoms with Gasteiger partial charge >= 0.3 is 5.97 Å². The maximum absolute atomic E-state index is 10.8. The second-order valence-corrected chi connectivity index (χ2v) is 4.83. The minimum absolute atomic E-state index is 0.312. The van der Waals surface area contributed by atoms with Gasteiger partial charge < -0.3 is 9.84 Å². The largest absolute Gasteiger partial charge is 0.508 e. The van der Waals surface area contributed by atoms with E-state index in [2.05, 4.69) is 4.74 Å². The third-order valence-corrected chi connectivity index (χ3v) is 2.94. The van der Waals surface area contributed by atoms with Crippen LogP contribution in [0.4, 0.5) is 0 Å². The second kappa shape index (κ2) is 11.5. The van der Waals surface area contributed by atoms with Crippen molar-refractivity contribution in [2.75, 3.05) is 7.11 Å². The highest BCUT2D eigenvalue weighted by atomic mass is 16.5. The summed E-state index contributed by atoms with van der Waals surface area (Å²) in [6.07, 6.45) is 21.9. The Morgan fingerprint density at radius 2 is 1.46 bits per heavy atom. The molecule has 1 aromatic carbocycles. The first-order chi connectivity index (χ1) is 11.6. The van der Waals surface area contributed by atoms with Crippen molar-refractivity contribution in [1.29, 1.82) is 0 Å². The smallest absolute Gasteiger partial charge is 0.330 e. The average molecular weight is 322 g/mol. The number of phenolic OH excluding ortho intramolecular Hbond substituents is 1. The molecule has 0 atom stereocenters. The van der Waals surface area contributed by atoms with E-state index in [1.165, 1.54) is 13.2 Å². The van der Waals surface area contributed by atoms with Gasteiger partial charge in [0.1, 0.15) is 5.75 Å². The minimum Gasteiger partial charge on any atom is -0.508 e. The van der Waals surface area contributed by atoms with Crippen molar-refractivity contribution in [3.63, 3.8) is 0 Å². The Morgan fingerprint density at radius 3 is 2.00 bits per heavy atom. The predicted octanol–water partition coefficient (Wildman–Crippen LogP) is 4.67. The summed E-state index contributed by atoms with van der Waals surface area (Å²) in [4.78, 5) is 10.8. The molecule has 0 bridgehead atoms. The molecule has 0 saturated heterocycles. The highest BCUT2D eigenvalue weighted by Gasteiger charge is 1.93. The van der Waals surface area contributed by atoms with E-state index in [1.807, 2.05) is 73.7 Å². The fourth-order valence-electron chi connectivity index (χ4n) is 1.66. The molecule has 1 N–H and O–H groups in total. The van der Waals surface area contributed by atoms with E-state index in [9.17, 15) is 9.90 Å². The zero-order valence-electron chi connectivity index (χ0n) is 13.9. The molecule has 0 spiro atoms. The van der Waals surface area contributed by atoms with Gasteiger partial charge in [0.15, 0.2) is 0 Å². The van der Waals surface area contributed by atoms with Crippen LogP contribution in [0.5, 0.6) is 5.75 Å². The summed E-state index contributed by atoms with van der Waals surface area (Å²) >= 11 is 0. The molecule has 3 heteroatoms. The molecule has 0 unspecified atom stereocenters. The lowest BCUT2D eigenvalue weighted by Crippen LogP contribution is -1.92. The summed E-state index contributed by atoms with van der Waals surface area (Å²) in [6, 6.07) is 5.49. The predicted molar refractivity (Wildman–Crippen MR) is 99.6 cm³/mol. The maximum Gasteiger partial charge on any atom is 0.330 e. The van der Waals surface area contributed by atoms with Crippen molar-refractivity contribution >= 4 is 12.0 Å². The van der Waals surface area contributed by atoms with Crippen LogP contribution in [0.3, 0.4) is 0 Å². The second-order valence-electron chi connectivity index (χ2n) is 4.83. The fourth-order valence-corrected chi connectivity index (χ4v) is 1.66. The zero-order chi connectivity index (χ0) is 17.6. The number of esters is 1. The van der Waals surface area contributed by atoms with E-state index < -0.39 is 0 Å². The Hall–Kier alpha value is -3.07. The molecule has 0 aliphatic carbocycles. The summed E-state index contributed by atoms with van der Waals surface area (Å²) in [5.41, 5.74) is 1.91. The SMILES string of the molecule is COC(=O)C=CC=CC=CC=CC=CC=Cc1ccc(O)c(C)c1.